The first-order valence-corrected chi connectivity index (χ1v) is 13.6. The summed E-state index contributed by atoms with van der Waals surface area (Å²) in [6, 6.07) is 5.94. The van der Waals surface area contributed by atoms with Crippen molar-refractivity contribution in [3.63, 3.8) is 0 Å². The molecule has 1 fully saturated rings. The van der Waals surface area contributed by atoms with Gasteiger partial charge in [-0.2, -0.15) is 31.3 Å². The Balaban J connectivity index is 1.25. The number of hydrogen-bond donors (Lipinski definition) is 0. The van der Waals surface area contributed by atoms with Gasteiger partial charge in [0.2, 0.25) is 0 Å². The summed E-state index contributed by atoms with van der Waals surface area (Å²) in [5.74, 6) is 0.603. The highest BCUT2D eigenvalue weighted by atomic mass is 32.2. The Bertz CT molecular complexity index is 1550. The topological polar surface area (TPSA) is 80.2 Å². The highest BCUT2D eigenvalue weighted by Gasteiger charge is 2.38. The highest BCUT2D eigenvalue weighted by molar-refractivity contribution is 8.18. The van der Waals surface area contributed by atoms with E-state index in [9.17, 15) is 31.1 Å². The van der Waals surface area contributed by atoms with Crippen LogP contribution in [0, 0.1) is 0 Å². The third-order valence-electron chi connectivity index (χ3n) is 6.64. The van der Waals surface area contributed by atoms with Crippen LogP contribution in [-0.2, 0) is 23.8 Å². The van der Waals surface area contributed by atoms with Gasteiger partial charge in [-0.15, -0.1) is 0 Å². The second kappa shape index (κ2) is 12.1. The van der Waals surface area contributed by atoms with Crippen LogP contribution in [0.25, 0.3) is 6.08 Å². The van der Waals surface area contributed by atoms with E-state index in [0.29, 0.717) is 47.9 Å². The molecule has 0 aliphatic carbocycles. The molecule has 0 saturated carbocycles. The number of nitrogens with zero attached hydrogens (tertiary/aromatic N) is 5. The molecule has 0 atom stereocenters. The van der Waals surface area contributed by atoms with Crippen LogP contribution in [-0.4, -0.2) is 59.2 Å². The Labute approximate surface area is 246 Å². The van der Waals surface area contributed by atoms with E-state index in [-0.39, 0.29) is 17.6 Å². The molecule has 226 valence electrons. The molecule has 5 rings (SSSR count). The molecule has 1 amide bonds. The quantitative estimate of drug-likeness (QED) is 0.248. The molecule has 2 aliphatic rings. The average Bonchev–Trinajstić information content (AvgIpc) is 3.35. The first-order valence-electron chi connectivity index (χ1n) is 12.8. The van der Waals surface area contributed by atoms with E-state index in [1.165, 1.54) is 31.0 Å². The van der Waals surface area contributed by atoms with Crippen LogP contribution in [0.4, 0.5) is 32.2 Å². The summed E-state index contributed by atoms with van der Waals surface area (Å²) >= 11 is 1.23. The molecule has 1 aromatic heterocycles. The molecular formula is C28H23F6N5O3S. The molecular weight excluding hydrogens is 600 g/mol. The smallest absolute Gasteiger partial charge is 0.416 e. The van der Waals surface area contributed by atoms with Crippen molar-refractivity contribution in [3.8, 4) is 11.5 Å². The molecule has 0 spiro atoms. The van der Waals surface area contributed by atoms with Crippen molar-refractivity contribution in [1.82, 2.24) is 14.9 Å². The van der Waals surface area contributed by atoms with Crippen molar-refractivity contribution >= 4 is 34.7 Å². The van der Waals surface area contributed by atoms with Gasteiger partial charge < -0.3 is 19.3 Å². The number of benzene rings is 2. The van der Waals surface area contributed by atoms with Gasteiger partial charge in [0.15, 0.2) is 16.7 Å². The van der Waals surface area contributed by atoms with E-state index in [0.717, 1.165) is 11.9 Å². The van der Waals surface area contributed by atoms with Gasteiger partial charge in [0.1, 0.15) is 12.4 Å². The van der Waals surface area contributed by atoms with Gasteiger partial charge in [0.25, 0.3) is 5.91 Å². The molecule has 43 heavy (non-hydrogen) atoms. The van der Waals surface area contributed by atoms with Crippen LogP contribution in [0.15, 0.2) is 64.9 Å². The lowest BCUT2D eigenvalue weighted by atomic mass is 10.0. The number of thioether (sulfide) groups is 1. The molecule has 3 heterocycles. The Morgan fingerprint density at radius 2 is 1.67 bits per heavy atom. The predicted molar refractivity (Wildman–Crippen MR) is 148 cm³/mol. The van der Waals surface area contributed by atoms with Crippen LogP contribution >= 0.6 is 11.8 Å². The van der Waals surface area contributed by atoms with E-state index < -0.39 is 41.6 Å². The van der Waals surface area contributed by atoms with Crippen LogP contribution in [0.5, 0.6) is 11.5 Å². The molecule has 0 radical (unpaired) electrons. The van der Waals surface area contributed by atoms with Gasteiger partial charge in [-0.3, -0.25) is 9.78 Å². The van der Waals surface area contributed by atoms with E-state index in [2.05, 4.69) is 19.9 Å². The lowest BCUT2D eigenvalue weighted by Gasteiger charge is -2.35. The van der Waals surface area contributed by atoms with Crippen LogP contribution < -0.4 is 14.4 Å². The fourth-order valence-corrected chi connectivity index (χ4v) is 5.42. The Kier molecular flexibility index (Phi) is 8.53. The number of carbonyl (C=O) groups is 1. The average molecular weight is 624 g/mol. The number of aliphatic imine (C=N–C) groups is 1. The SMILES string of the molecule is COc1cc(/C=C2/SC(N3CCN(c4cnccn4)CC3)=NC2=O)ccc1OCc1ccc(C(F)(F)F)cc1C(F)(F)F. The van der Waals surface area contributed by atoms with Gasteiger partial charge >= 0.3 is 12.4 Å². The maximum Gasteiger partial charge on any atom is 0.416 e. The number of aromatic nitrogens is 2. The number of piperazine rings is 1. The monoisotopic (exact) mass is 623 g/mol. The summed E-state index contributed by atoms with van der Waals surface area (Å²) in [5.41, 5.74) is -2.77. The zero-order valence-electron chi connectivity index (χ0n) is 22.4. The van der Waals surface area contributed by atoms with Crippen molar-refractivity contribution < 1.29 is 40.6 Å². The van der Waals surface area contributed by atoms with E-state index >= 15 is 0 Å². The second-order valence-corrected chi connectivity index (χ2v) is 10.4. The number of halogens is 6. The number of methoxy groups -OCH3 is 1. The minimum Gasteiger partial charge on any atom is -0.493 e. The van der Waals surface area contributed by atoms with E-state index in [4.69, 9.17) is 9.47 Å². The largest absolute Gasteiger partial charge is 0.493 e. The first kappa shape index (κ1) is 30.2. The van der Waals surface area contributed by atoms with E-state index in [1.807, 2.05) is 4.90 Å². The van der Waals surface area contributed by atoms with Crippen LogP contribution in [0.3, 0.4) is 0 Å². The summed E-state index contributed by atoms with van der Waals surface area (Å²) in [4.78, 5) is 29.7. The molecule has 1 saturated heterocycles. The molecule has 0 unspecified atom stereocenters. The summed E-state index contributed by atoms with van der Waals surface area (Å²) < 4.78 is 90.3. The fraction of sp³-hybridized carbons (Fsp3) is 0.286. The van der Waals surface area contributed by atoms with Crippen molar-refractivity contribution in [2.75, 3.05) is 38.2 Å². The predicted octanol–water partition coefficient (Wildman–Crippen LogP) is 5.89. The third-order valence-corrected chi connectivity index (χ3v) is 7.69. The second-order valence-electron chi connectivity index (χ2n) is 9.41. The molecule has 2 aliphatic heterocycles. The van der Waals surface area contributed by atoms with Gasteiger partial charge in [-0.25, -0.2) is 4.98 Å². The maximum absolute atomic E-state index is 13.5. The van der Waals surface area contributed by atoms with Gasteiger partial charge in [-0.05, 0) is 47.7 Å². The van der Waals surface area contributed by atoms with Crippen LogP contribution in [0.1, 0.15) is 22.3 Å². The summed E-state index contributed by atoms with van der Waals surface area (Å²) in [6.45, 7) is 1.98. The number of anilines is 1. The molecule has 0 bridgehead atoms. The summed E-state index contributed by atoms with van der Waals surface area (Å²) in [6.07, 6.45) is -3.40. The van der Waals surface area contributed by atoms with Gasteiger partial charge in [-0.1, -0.05) is 12.1 Å². The lowest BCUT2D eigenvalue weighted by molar-refractivity contribution is -0.143. The van der Waals surface area contributed by atoms with Crippen molar-refractivity contribution in [2.24, 2.45) is 4.99 Å². The van der Waals surface area contributed by atoms with Crippen molar-refractivity contribution in [1.29, 1.82) is 0 Å². The summed E-state index contributed by atoms with van der Waals surface area (Å²) in [7, 11) is 1.33. The fourth-order valence-electron chi connectivity index (χ4n) is 4.46. The van der Waals surface area contributed by atoms with Crippen molar-refractivity contribution in [3.05, 3.63) is 82.1 Å². The third kappa shape index (κ3) is 7.04. The number of amides is 1. The van der Waals surface area contributed by atoms with Crippen molar-refractivity contribution in [2.45, 2.75) is 19.0 Å². The summed E-state index contributed by atoms with van der Waals surface area (Å²) in [5, 5.41) is 0.582. The molecule has 3 aromatic rings. The number of ether oxygens (including phenoxy) is 2. The number of amidine groups is 1. The normalized spacial score (nSPS) is 17.0. The number of hydrogen-bond acceptors (Lipinski definition) is 8. The Morgan fingerprint density at radius 3 is 2.33 bits per heavy atom. The number of alkyl halides is 6. The zero-order chi connectivity index (χ0) is 30.8. The van der Waals surface area contributed by atoms with Gasteiger partial charge in [0, 0.05) is 44.1 Å². The first-order chi connectivity index (χ1) is 20.4. The zero-order valence-corrected chi connectivity index (χ0v) is 23.3. The molecule has 15 heteroatoms. The molecule has 8 nitrogen and oxygen atoms in total. The molecule has 0 N–H and O–H groups in total. The van der Waals surface area contributed by atoms with Gasteiger partial charge in [0.05, 0.1) is 29.3 Å². The number of carbonyl (C=O) groups excluding carboxylic acids is 1. The van der Waals surface area contributed by atoms with E-state index in [1.54, 1.807) is 30.7 Å². The standard InChI is InChI=1S/C28H23F6N5O3S/c1-41-22-12-17(2-5-21(22)42-16-18-3-4-19(27(29,30)31)14-20(18)28(32,33)34)13-23-25(40)37-26(43-23)39-10-8-38(9-11-39)24-15-35-6-7-36-24/h2-7,12-15H,8-11,16H2,1H3/b23-13+. The number of rotatable bonds is 6. The highest BCUT2D eigenvalue weighted by Crippen LogP contribution is 2.39. The lowest BCUT2D eigenvalue weighted by Crippen LogP contribution is -2.48. The molecule has 2 aromatic carbocycles. The Hall–Kier alpha value is -4.27. The minimum absolute atomic E-state index is 0.0652. The maximum atomic E-state index is 13.5. The minimum atomic E-state index is -5.02. The Morgan fingerprint density at radius 1 is 0.930 bits per heavy atom. The van der Waals surface area contributed by atoms with Crippen LogP contribution in [0.2, 0.25) is 0 Å².